The number of nitrogens with zero attached hydrogens (tertiary/aromatic N) is 2. The Balaban J connectivity index is 2.33. The van der Waals surface area contributed by atoms with E-state index in [2.05, 4.69) is 21.0 Å². The lowest BCUT2D eigenvalue weighted by atomic mass is 10.1. The van der Waals surface area contributed by atoms with E-state index in [1.54, 1.807) is 17.0 Å². The van der Waals surface area contributed by atoms with Crippen LogP contribution in [-0.2, 0) is 4.79 Å². The fourth-order valence-electron chi connectivity index (χ4n) is 1.64. The van der Waals surface area contributed by atoms with Gasteiger partial charge < -0.3 is 5.11 Å². The van der Waals surface area contributed by atoms with Gasteiger partial charge in [-0.25, -0.2) is 9.48 Å². The Labute approximate surface area is 113 Å². The molecule has 2 rings (SSSR count). The lowest BCUT2D eigenvalue weighted by Crippen LogP contribution is -1.97. The van der Waals surface area contributed by atoms with Crippen molar-refractivity contribution >= 4 is 28.0 Å². The average molecular weight is 307 g/mol. The Morgan fingerprint density at radius 3 is 2.83 bits per heavy atom. The first-order valence-corrected chi connectivity index (χ1v) is 6.08. The van der Waals surface area contributed by atoms with E-state index in [9.17, 15) is 4.79 Å². The maximum absolute atomic E-state index is 10.4. The number of aryl methyl sites for hydroxylation is 1. The molecule has 92 valence electrons. The standard InChI is InChI=1S/C13H11BrN2O2/c1-9-6-10(3-5-13(17)18)2-4-12(9)16-8-11(14)7-15-16/h2-8H,1H3,(H,17,18). The van der Waals surface area contributed by atoms with Crippen molar-refractivity contribution in [1.29, 1.82) is 0 Å². The van der Waals surface area contributed by atoms with Crippen molar-refractivity contribution in [2.75, 3.05) is 0 Å². The van der Waals surface area contributed by atoms with Gasteiger partial charge in [0.2, 0.25) is 0 Å². The number of hydrogen-bond acceptors (Lipinski definition) is 2. The van der Waals surface area contributed by atoms with Gasteiger partial charge in [-0.05, 0) is 52.2 Å². The van der Waals surface area contributed by atoms with Gasteiger partial charge in [-0.1, -0.05) is 6.07 Å². The molecule has 1 aromatic carbocycles. The van der Waals surface area contributed by atoms with Crippen molar-refractivity contribution in [2.24, 2.45) is 0 Å². The fraction of sp³-hybridized carbons (Fsp3) is 0.0769. The summed E-state index contributed by atoms with van der Waals surface area (Å²) in [5.41, 5.74) is 2.84. The number of aliphatic carboxylic acids is 1. The molecule has 4 nitrogen and oxygen atoms in total. The van der Waals surface area contributed by atoms with Gasteiger partial charge in [-0.3, -0.25) is 0 Å². The SMILES string of the molecule is Cc1cc(C=CC(=O)O)ccc1-n1cc(Br)cn1. The molecule has 0 aliphatic rings. The predicted molar refractivity (Wildman–Crippen MR) is 72.7 cm³/mol. The number of rotatable bonds is 3. The Morgan fingerprint density at radius 1 is 1.50 bits per heavy atom. The number of carboxylic acids is 1. The second-order valence-electron chi connectivity index (χ2n) is 3.82. The third-order valence-corrected chi connectivity index (χ3v) is 2.85. The van der Waals surface area contributed by atoms with E-state index in [0.29, 0.717) is 0 Å². The van der Waals surface area contributed by atoms with Crippen LogP contribution in [0.4, 0.5) is 0 Å². The number of hydrogen-bond donors (Lipinski definition) is 1. The summed E-state index contributed by atoms with van der Waals surface area (Å²) < 4.78 is 2.68. The normalized spacial score (nSPS) is 11.0. The highest BCUT2D eigenvalue weighted by atomic mass is 79.9. The monoisotopic (exact) mass is 306 g/mol. The van der Waals surface area contributed by atoms with Crippen LogP contribution in [0.5, 0.6) is 0 Å². The van der Waals surface area contributed by atoms with E-state index in [0.717, 1.165) is 27.4 Å². The van der Waals surface area contributed by atoms with Crippen LogP contribution in [0.25, 0.3) is 11.8 Å². The van der Waals surface area contributed by atoms with Gasteiger partial charge in [0, 0.05) is 12.3 Å². The molecule has 1 heterocycles. The molecule has 0 fully saturated rings. The summed E-state index contributed by atoms with van der Waals surface area (Å²) in [7, 11) is 0. The minimum atomic E-state index is -0.951. The highest BCUT2D eigenvalue weighted by molar-refractivity contribution is 9.10. The van der Waals surface area contributed by atoms with E-state index in [4.69, 9.17) is 5.11 Å². The van der Waals surface area contributed by atoms with Crippen LogP contribution < -0.4 is 0 Å². The number of benzene rings is 1. The molecule has 1 aromatic heterocycles. The molecule has 0 atom stereocenters. The summed E-state index contributed by atoms with van der Waals surface area (Å²) in [4.78, 5) is 10.4. The van der Waals surface area contributed by atoms with E-state index in [1.165, 1.54) is 0 Å². The van der Waals surface area contributed by atoms with E-state index < -0.39 is 5.97 Å². The van der Waals surface area contributed by atoms with Crippen LogP contribution >= 0.6 is 15.9 Å². The van der Waals surface area contributed by atoms with E-state index in [-0.39, 0.29) is 0 Å². The Kier molecular flexibility index (Phi) is 3.62. The van der Waals surface area contributed by atoms with Gasteiger partial charge in [0.05, 0.1) is 16.4 Å². The summed E-state index contributed by atoms with van der Waals surface area (Å²) in [6.45, 7) is 1.96. The molecule has 18 heavy (non-hydrogen) atoms. The molecule has 0 radical (unpaired) electrons. The summed E-state index contributed by atoms with van der Waals surface area (Å²) in [6, 6.07) is 5.69. The van der Waals surface area contributed by atoms with Gasteiger partial charge in [0.1, 0.15) is 0 Å². The van der Waals surface area contributed by atoms with Crippen LogP contribution in [0.2, 0.25) is 0 Å². The van der Waals surface area contributed by atoms with Crippen molar-refractivity contribution in [1.82, 2.24) is 9.78 Å². The van der Waals surface area contributed by atoms with Crippen molar-refractivity contribution in [3.8, 4) is 5.69 Å². The van der Waals surface area contributed by atoms with Crippen LogP contribution in [0.15, 0.2) is 41.1 Å². The first-order valence-electron chi connectivity index (χ1n) is 5.28. The lowest BCUT2D eigenvalue weighted by Gasteiger charge is -2.06. The summed E-state index contributed by atoms with van der Waals surface area (Å²) >= 11 is 3.35. The minimum Gasteiger partial charge on any atom is -0.478 e. The maximum atomic E-state index is 10.4. The molecule has 0 aliphatic carbocycles. The fourth-order valence-corrected chi connectivity index (χ4v) is 1.92. The molecule has 0 saturated carbocycles. The molecule has 0 unspecified atom stereocenters. The van der Waals surface area contributed by atoms with Crippen molar-refractivity contribution < 1.29 is 9.90 Å². The van der Waals surface area contributed by atoms with E-state index >= 15 is 0 Å². The molecule has 5 heteroatoms. The van der Waals surface area contributed by atoms with Gasteiger partial charge in [-0.15, -0.1) is 0 Å². The Hall–Kier alpha value is -1.88. The quantitative estimate of drug-likeness (QED) is 0.887. The number of carboxylic acid groups (broad SMARTS) is 1. The van der Waals surface area contributed by atoms with E-state index in [1.807, 2.05) is 31.3 Å². The van der Waals surface area contributed by atoms with Crippen molar-refractivity contribution in [3.05, 3.63) is 52.3 Å². The van der Waals surface area contributed by atoms with Crippen LogP contribution in [0, 0.1) is 6.92 Å². The topological polar surface area (TPSA) is 55.1 Å². The zero-order chi connectivity index (χ0) is 13.1. The van der Waals surface area contributed by atoms with Gasteiger partial charge in [-0.2, -0.15) is 5.10 Å². The third-order valence-electron chi connectivity index (χ3n) is 2.44. The number of aromatic nitrogens is 2. The second kappa shape index (κ2) is 5.18. The molecular formula is C13H11BrN2O2. The third kappa shape index (κ3) is 2.87. The van der Waals surface area contributed by atoms with Gasteiger partial charge in [0.15, 0.2) is 0 Å². The van der Waals surface area contributed by atoms with Crippen LogP contribution in [0.3, 0.4) is 0 Å². The van der Waals surface area contributed by atoms with Gasteiger partial charge >= 0.3 is 5.97 Å². The van der Waals surface area contributed by atoms with Crippen molar-refractivity contribution in [3.63, 3.8) is 0 Å². The largest absolute Gasteiger partial charge is 0.478 e. The lowest BCUT2D eigenvalue weighted by molar-refractivity contribution is -0.131. The molecule has 0 saturated heterocycles. The number of halogens is 1. The maximum Gasteiger partial charge on any atom is 0.328 e. The van der Waals surface area contributed by atoms with Crippen LogP contribution in [0.1, 0.15) is 11.1 Å². The average Bonchev–Trinajstić information content (AvgIpc) is 2.73. The second-order valence-corrected chi connectivity index (χ2v) is 4.74. The molecule has 1 N–H and O–H groups in total. The van der Waals surface area contributed by atoms with Gasteiger partial charge in [0.25, 0.3) is 0 Å². The highest BCUT2D eigenvalue weighted by Crippen LogP contribution is 2.18. The molecule has 2 aromatic rings. The summed E-state index contributed by atoms with van der Waals surface area (Å²) in [6.07, 6.45) is 6.28. The molecule has 0 aliphatic heterocycles. The summed E-state index contributed by atoms with van der Waals surface area (Å²) in [5, 5.41) is 12.8. The Morgan fingerprint density at radius 2 is 2.28 bits per heavy atom. The van der Waals surface area contributed by atoms with Crippen LogP contribution in [-0.4, -0.2) is 20.9 Å². The highest BCUT2D eigenvalue weighted by Gasteiger charge is 2.03. The zero-order valence-electron chi connectivity index (χ0n) is 9.67. The first-order chi connectivity index (χ1) is 8.56. The number of carbonyl (C=O) groups is 1. The predicted octanol–water partition coefficient (Wildman–Crippen LogP) is 3.04. The summed E-state index contributed by atoms with van der Waals surface area (Å²) in [5.74, 6) is -0.951. The molecular weight excluding hydrogens is 296 g/mol. The molecule has 0 spiro atoms. The zero-order valence-corrected chi connectivity index (χ0v) is 11.3. The molecule has 0 amide bonds. The molecule has 0 bridgehead atoms. The smallest absolute Gasteiger partial charge is 0.328 e. The minimum absolute atomic E-state index is 0.852. The van der Waals surface area contributed by atoms with Crippen molar-refractivity contribution in [2.45, 2.75) is 6.92 Å². The Bertz CT molecular complexity index is 617. The first kappa shape index (κ1) is 12.6.